The second-order valence-corrected chi connectivity index (χ2v) is 6.53. The molecule has 0 aromatic heterocycles. The lowest BCUT2D eigenvalue weighted by Crippen LogP contribution is -2.44. The van der Waals surface area contributed by atoms with Crippen molar-refractivity contribution in [2.24, 2.45) is 11.3 Å². The van der Waals surface area contributed by atoms with Gasteiger partial charge in [0, 0.05) is 18.4 Å². The minimum atomic E-state index is -0.638. The Labute approximate surface area is 127 Å². The van der Waals surface area contributed by atoms with E-state index in [-0.39, 0.29) is 30.7 Å². The van der Waals surface area contributed by atoms with Crippen molar-refractivity contribution in [3.63, 3.8) is 0 Å². The number of hydrogen-bond donors (Lipinski definition) is 2. The predicted molar refractivity (Wildman–Crippen MR) is 80.5 cm³/mol. The Kier molecular flexibility index (Phi) is 7.99. The number of esters is 1. The van der Waals surface area contributed by atoms with Crippen molar-refractivity contribution in [2.45, 2.75) is 53.5 Å². The number of nitrogens with one attached hydrogen (secondary N) is 2. The summed E-state index contributed by atoms with van der Waals surface area (Å²) < 4.78 is 4.68. The largest absolute Gasteiger partial charge is 0.467 e. The van der Waals surface area contributed by atoms with Gasteiger partial charge in [-0.2, -0.15) is 0 Å². The van der Waals surface area contributed by atoms with Crippen LogP contribution in [-0.2, 0) is 19.1 Å². The first-order chi connectivity index (χ1) is 9.57. The van der Waals surface area contributed by atoms with Gasteiger partial charge in [0.15, 0.2) is 0 Å². The Balaban J connectivity index is 4.27. The van der Waals surface area contributed by atoms with Gasteiger partial charge in [-0.15, -0.1) is 0 Å². The van der Waals surface area contributed by atoms with E-state index in [0.717, 1.165) is 0 Å². The third kappa shape index (κ3) is 8.32. The maximum absolute atomic E-state index is 11.8. The second-order valence-electron chi connectivity index (χ2n) is 6.53. The number of carbonyl (C=O) groups is 3. The molecular weight excluding hydrogens is 272 g/mol. The molecule has 0 aromatic carbocycles. The van der Waals surface area contributed by atoms with E-state index in [9.17, 15) is 14.4 Å². The van der Waals surface area contributed by atoms with Crippen molar-refractivity contribution in [3.05, 3.63) is 0 Å². The summed E-state index contributed by atoms with van der Waals surface area (Å²) in [6, 6.07) is -0.638. The van der Waals surface area contributed by atoms with Gasteiger partial charge in [-0.25, -0.2) is 4.79 Å². The molecule has 0 fully saturated rings. The molecule has 6 heteroatoms. The van der Waals surface area contributed by atoms with Gasteiger partial charge in [0.1, 0.15) is 6.04 Å². The van der Waals surface area contributed by atoms with E-state index >= 15 is 0 Å². The molecule has 2 amide bonds. The quantitative estimate of drug-likeness (QED) is 0.693. The van der Waals surface area contributed by atoms with Crippen LogP contribution in [0, 0.1) is 11.3 Å². The Hall–Kier alpha value is -1.59. The molecule has 0 aliphatic rings. The van der Waals surface area contributed by atoms with Crippen molar-refractivity contribution < 1.29 is 19.1 Å². The van der Waals surface area contributed by atoms with Crippen LogP contribution >= 0.6 is 0 Å². The molecule has 1 atom stereocenters. The van der Waals surface area contributed by atoms with Crippen LogP contribution in [0.5, 0.6) is 0 Å². The first kappa shape index (κ1) is 19.4. The highest BCUT2D eigenvalue weighted by atomic mass is 16.5. The average molecular weight is 300 g/mol. The number of hydrogen-bond acceptors (Lipinski definition) is 4. The van der Waals surface area contributed by atoms with Crippen LogP contribution in [0.15, 0.2) is 0 Å². The van der Waals surface area contributed by atoms with Gasteiger partial charge in [0.05, 0.1) is 7.11 Å². The van der Waals surface area contributed by atoms with Gasteiger partial charge in [0.25, 0.3) is 0 Å². The summed E-state index contributed by atoms with van der Waals surface area (Å²) in [5, 5.41) is 5.34. The van der Waals surface area contributed by atoms with E-state index in [2.05, 4.69) is 15.4 Å². The fraction of sp³-hybridized carbons (Fsp3) is 0.800. The molecule has 0 saturated carbocycles. The highest BCUT2D eigenvalue weighted by Crippen LogP contribution is 2.12. The van der Waals surface area contributed by atoms with Crippen LogP contribution in [0.25, 0.3) is 0 Å². The van der Waals surface area contributed by atoms with Crippen molar-refractivity contribution in [1.29, 1.82) is 0 Å². The molecule has 2 N–H and O–H groups in total. The van der Waals surface area contributed by atoms with Gasteiger partial charge in [-0.05, 0) is 12.3 Å². The van der Waals surface area contributed by atoms with Gasteiger partial charge in [-0.1, -0.05) is 34.6 Å². The Morgan fingerprint density at radius 1 is 1.14 bits per heavy atom. The SMILES string of the molecule is COC(=O)C(CC(C)C)NC(=O)CCNC(=O)C(C)(C)C. The number of methoxy groups -OCH3 is 1. The Bertz CT molecular complexity index is 372. The number of amides is 2. The van der Waals surface area contributed by atoms with Gasteiger partial charge < -0.3 is 15.4 Å². The maximum Gasteiger partial charge on any atom is 0.328 e. The van der Waals surface area contributed by atoms with E-state index in [1.165, 1.54) is 7.11 Å². The van der Waals surface area contributed by atoms with Crippen LogP contribution in [0.1, 0.15) is 47.5 Å². The molecule has 0 spiro atoms. The molecule has 0 aliphatic heterocycles. The van der Waals surface area contributed by atoms with E-state index in [0.29, 0.717) is 6.42 Å². The molecule has 0 rings (SSSR count). The molecule has 6 nitrogen and oxygen atoms in total. The summed E-state index contributed by atoms with van der Waals surface area (Å²) in [5.41, 5.74) is -0.483. The summed E-state index contributed by atoms with van der Waals surface area (Å²) in [4.78, 5) is 35.1. The van der Waals surface area contributed by atoms with E-state index in [4.69, 9.17) is 0 Å². The van der Waals surface area contributed by atoms with Gasteiger partial charge >= 0.3 is 5.97 Å². The third-order valence-corrected chi connectivity index (χ3v) is 2.85. The van der Waals surface area contributed by atoms with Gasteiger partial charge in [-0.3, -0.25) is 9.59 Å². The minimum Gasteiger partial charge on any atom is -0.467 e. The number of ether oxygens (including phenoxy) is 1. The summed E-state index contributed by atoms with van der Waals surface area (Å²) >= 11 is 0. The average Bonchev–Trinajstić information content (AvgIpc) is 2.35. The maximum atomic E-state index is 11.8. The lowest BCUT2D eigenvalue weighted by Gasteiger charge is -2.19. The van der Waals surface area contributed by atoms with E-state index in [1.54, 1.807) is 20.8 Å². The summed E-state index contributed by atoms with van der Waals surface area (Å²) in [6.45, 7) is 9.59. The molecule has 0 bridgehead atoms. The zero-order valence-corrected chi connectivity index (χ0v) is 13.9. The highest BCUT2D eigenvalue weighted by Gasteiger charge is 2.23. The van der Waals surface area contributed by atoms with Crippen molar-refractivity contribution >= 4 is 17.8 Å². The normalized spacial score (nSPS) is 12.7. The molecule has 0 aromatic rings. The lowest BCUT2D eigenvalue weighted by molar-refractivity contribution is -0.145. The first-order valence-electron chi connectivity index (χ1n) is 7.23. The van der Waals surface area contributed by atoms with Crippen LogP contribution < -0.4 is 10.6 Å². The topological polar surface area (TPSA) is 84.5 Å². The number of carbonyl (C=O) groups excluding carboxylic acids is 3. The monoisotopic (exact) mass is 300 g/mol. The van der Waals surface area contributed by atoms with Crippen LogP contribution in [-0.4, -0.2) is 37.5 Å². The molecular formula is C15H28N2O4. The lowest BCUT2D eigenvalue weighted by atomic mass is 9.96. The van der Waals surface area contributed by atoms with Crippen LogP contribution in [0.3, 0.4) is 0 Å². The van der Waals surface area contributed by atoms with Crippen molar-refractivity contribution in [1.82, 2.24) is 10.6 Å². The van der Waals surface area contributed by atoms with Crippen LogP contribution in [0.2, 0.25) is 0 Å². The Morgan fingerprint density at radius 3 is 2.14 bits per heavy atom. The predicted octanol–water partition coefficient (Wildman–Crippen LogP) is 1.24. The third-order valence-electron chi connectivity index (χ3n) is 2.85. The summed E-state index contributed by atoms with van der Waals surface area (Å²) in [7, 11) is 1.30. The number of rotatable bonds is 7. The molecule has 0 saturated heterocycles. The first-order valence-corrected chi connectivity index (χ1v) is 7.23. The van der Waals surface area contributed by atoms with E-state index < -0.39 is 17.4 Å². The summed E-state index contributed by atoms with van der Waals surface area (Å²) in [6.07, 6.45) is 0.653. The highest BCUT2D eigenvalue weighted by molar-refractivity contribution is 5.85. The minimum absolute atomic E-state index is 0.109. The molecule has 1 unspecified atom stereocenters. The van der Waals surface area contributed by atoms with Gasteiger partial charge in [0.2, 0.25) is 11.8 Å². The molecule has 122 valence electrons. The molecule has 0 heterocycles. The fourth-order valence-corrected chi connectivity index (χ4v) is 1.65. The molecule has 0 aliphatic carbocycles. The van der Waals surface area contributed by atoms with Crippen LogP contribution in [0.4, 0.5) is 0 Å². The fourth-order valence-electron chi connectivity index (χ4n) is 1.65. The zero-order chi connectivity index (χ0) is 16.6. The Morgan fingerprint density at radius 2 is 1.71 bits per heavy atom. The second kappa shape index (κ2) is 8.64. The van der Waals surface area contributed by atoms with E-state index in [1.807, 2.05) is 13.8 Å². The van der Waals surface area contributed by atoms with Crippen molar-refractivity contribution in [3.8, 4) is 0 Å². The van der Waals surface area contributed by atoms with Crippen molar-refractivity contribution in [2.75, 3.05) is 13.7 Å². The zero-order valence-electron chi connectivity index (χ0n) is 13.9. The summed E-state index contributed by atoms with van der Waals surface area (Å²) in [5.74, 6) is -0.576. The standard InChI is InChI=1S/C15H28N2O4/c1-10(2)9-11(13(19)21-6)17-12(18)7-8-16-14(20)15(3,4)5/h10-11H,7-9H2,1-6H3,(H,16,20)(H,17,18). The molecule has 21 heavy (non-hydrogen) atoms. The smallest absolute Gasteiger partial charge is 0.328 e. The molecule has 0 radical (unpaired) electrons.